The standard InChI is InChI=1S/C17H21N3O/c1-20(12-9-14-7-10-19-11-8-14)17(21)6-5-15-3-2-4-16(18)13-15/h2-4,7-8,10-11,13H,5-6,9,12,18H2,1H3. The molecule has 0 saturated carbocycles. The SMILES string of the molecule is CN(CCc1ccncc1)C(=O)CCc1cccc(N)c1. The van der Waals surface area contributed by atoms with Crippen molar-refractivity contribution < 1.29 is 4.79 Å². The Morgan fingerprint density at radius 2 is 1.90 bits per heavy atom. The van der Waals surface area contributed by atoms with Crippen LogP contribution in [0.3, 0.4) is 0 Å². The van der Waals surface area contributed by atoms with E-state index >= 15 is 0 Å². The second-order valence-electron chi connectivity index (χ2n) is 5.17. The number of nitrogen functional groups attached to an aromatic ring is 1. The van der Waals surface area contributed by atoms with E-state index in [1.54, 1.807) is 17.3 Å². The average molecular weight is 283 g/mol. The van der Waals surface area contributed by atoms with Gasteiger partial charge in [-0.3, -0.25) is 9.78 Å². The van der Waals surface area contributed by atoms with Gasteiger partial charge in [-0.15, -0.1) is 0 Å². The molecule has 1 heterocycles. The third-order valence-electron chi connectivity index (χ3n) is 3.49. The Balaban J connectivity index is 1.77. The monoisotopic (exact) mass is 283 g/mol. The van der Waals surface area contributed by atoms with Gasteiger partial charge in [0.25, 0.3) is 0 Å². The van der Waals surface area contributed by atoms with Crippen LogP contribution in [0.25, 0.3) is 0 Å². The molecule has 2 N–H and O–H groups in total. The van der Waals surface area contributed by atoms with Crippen molar-refractivity contribution >= 4 is 11.6 Å². The highest BCUT2D eigenvalue weighted by Crippen LogP contribution is 2.09. The van der Waals surface area contributed by atoms with E-state index in [2.05, 4.69) is 4.98 Å². The summed E-state index contributed by atoms with van der Waals surface area (Å²) in [5.41, 5.74) is 8.78. The molecular weight excluding hydrogens is 262 g/mol. The number of likely N-dealkylation sites (N-methyl/N-ethyl adjacent to an activating group) is 1. The van der Waals surface area contributed by atoms with E-state index in [0.29, 0.717) is 6.42 Å². The number of aromatic nitrogens is 1. The van der Waals surface area contributed by atoms with Gasteiger partial charge in [0.05, 0.1) is 0 Å². The van der Waals surface area contributed by atoms with Crippen molar-refractivity contribution in [1.82, 2.24) is 9.88 Å². The lowest BCUT2D eigenvalue weighted by Gasteiger charge is -2.17. The number of carbonyl (C=O) groups is 1. The van der Waals surface area contributed by atoms with Crippen molar-refractivity contribution in [3.8, 4) is 0 Å². The lowest BCUT2D eigenvalue weighted by atomic mass is 10.1. The van der Waals surface area contributed by atoms with Gasteiger partial charge in [0.15, 0.2) is 0 Å². The van der Waals surface area contributed by atoms with Crippen molar-refractivity contribution in [3.63, 3.8) is 0 Å². The first-order chi connectivity index (χ1) is 10.1. The second-order valence-corrected chi connectivity index (χ2v) is 5.17. The molecule has 110 valence electrons. The third kappa shape index (κ3) is 4.91. The number of anilines is 1. The van der Waals surface area contributed by atoms with Gasteiger partial charge in [0.2, 0.25) is 5.91 Å². The number of carbonyl (C=O) groups excluding carboxylic acids is 1. The lowest BCUT2D eigenvalue weighted by molar-refractivity contribution is -0.129. The molecule has 1 aromatic carbocycles. The summed E-state index contributed by atoms with van der Waals surface area (Å²) >= 11 is 0. The third-order valence-corrected chi connectivity index (χ3v) is 3.49. The second kappa shape index (κ2) is 7.43. The first kappa shape index (κ1) is 15.0. The fourth-order valence-electron chi connectivity index (χ4n) is 2.16. The van der Waals surface area contributed by atoms with Crippen LogP contribution in [0, 0.1) is 0 Å². The Kier molecular flexibility index (Phi) is 5.32. The summed E-state index contributed by atoms with van der Waals surface area (Å²) in [6, 6.07) is 11.6. The Hall–Kier alpha value is -2.36. The van der Waals surface area contributed by atoms with Gasteiger partial charge in [-0.05, 0) is 48.2 Å². The largest absolute Gasteiger partial charge is 0.399 e. The van der Waals surface area contributed by atoms with E-state index in [0.717, 1.165) is 30.6 Å². The Morgan fingerprint density at radius 3 is 2.62 bits per heavy atom. The van der Waals surface area contributed by atoms with Crippen molar-refractivity contribution in [2.45, 2.75) is 19.3 Å². The van der Waals surface area contributed by atoms with Crippen molar-refractivity contribution in [3.05, 3.63) is 59.9 Å². The summed E-state index contributed by atoms with van der Waals surface area (Å²) in [4.78, 5) is 17.9. The number of aryl methyl sites for hydroxylation is 1. The highest BCUT2D eigenvalue weighted by Gasteiger charge is 2.09. The molecule has 0 aliphatic carbocycles. The summed E-state index contributed by atoms with van der Waals surface area (Å²) in [6.07, 6.45) is 5.64. The first-order valence-corrected chi connectivity index (χ1v) is 7.12. The average Bonchev–Trinajstić information content (AvgIpc) is 2.51. The van der Waals surface area contributed by atoms with Gasteiger partial charge in [-0.2, -0.15) is 0 Å². The molecule has 1 amide bonds. The molecule has 4 nitrogen and oxygen atoms in total. The van der Waals surface area contributed by atoms with E-state index in [4.69, 9.17) is 5.73 Å². The van der Waals surface area contributed by atoms with E-state index in [-0.39, 0.29) is 5.91 Å². The fraction of sp³-hybridized carbons (Fsp3) is 0.294. The normalized spacial score (nSPS) is 10.3. The molecule has 0 aliphatic heterocycles. The molecule has 0 spiro atoms. The Morgan fingerprint density at radius 1 is 1.14 bits per heavy atom. The molecule has 0 bridgehead atoms. The Labute approximate surface area is 125 Å². The molecule has 2 rings (SSSR count). The van der Waals surface area contributed by atoms with Gasteiger partial charge in [0.1, 0.15) is 0 Å². The van der Waals surface area contributed by atoms with Crippen LogP contribution < -0.4 is 5.73 Å². The predicted molar refractivity (Wildman–Crippen MR) is 84.8 cm³/mol. The highest BCUT2D eigenvalue weighted by molar-refractivity contribution is 5.76. The summed E-state index contributed by atoms with van der Waals surface area (Å²) in [5.74, 6) is 0.159. The summed E-state index contributed by atoms with van der Waals surface area (Å²) < 4.78 is 0. The zero-order valence-corrected chi connectivity index (χ0v) is 12.3. The van der Waals surface area contributed by atoms with Gasteiger partial charge in [-0.1, -0.05) is 12.1 Å². The molecule has 0 fully saturated rings. The number of nitrogens with two attached hydrogens (primary N) is 1. The number of hydrogen-bond donors (Lipinski definition) is 1. The zero-order chi connectivity index (χ0) is 15.1. The topological polar surface area (TPSA) is 59.2 Å². The quantitative estimate of drug-likeness (QED) is 0.828. The molecule has 1 aromatic heterocycles. The minimum atomic E-state index is 0.159. The molecule has 0 atom stereocenters. The smallest absolute Gasteiger partial charge is 0.222 e. The van der Waals surface area contributed by atoms with Crippen LogP contribution in [-0.4, -0.2) is 29.4 Å². The van der Waals surface area contributed by atoms with Gasteiger partial charge < -0.3 is 10.6 Å². The van der Waals surface area contributed by atoms with Crippen molar-refractivity contribution in [1.29, 1.82) is 0 Å². The van der Waals surface area contributed by atoms with Crippen LogP contribution in [0.15, 0.2) is 48.8 Å². The number of benzene rings is 1. The molecule has 0 unspecified atom stereocenters. The van der Waals surface area contributed by atoms with Crippen molar-refractivity contribution in [2.24, 2.45) is 0 Å². The first-order valence-electron chi connectivity index (χ1n) is 7.12. The van der Waals surface area contributed by atoms with E-state index in [1.165, 1.54) is 5.56 Å². The van der Waals surface area contributed by atoms with Gasteiger partial charge in [-0.25, -0.2) is 0 Å². The Bertz CT molecular complexity index is 584. The number of rotatable bonds is 6. The van der Waals surface area contributed by atoms with Crippen molar-refractivity contribution in [2.75, 3.05) is 19.3 Å². The van der Waals surface area contributed by atoms with Crippen LogP contribution in [-0.2, 0) is 17.6 Å². The van der Waals surface area contributed by atoms with Crippen LogP contribution in [0.5, 0.6) is 0 Å². The number of amides is 1. The van der Waals surface area contributed by atoms with E-state index in [9.17, 15) is 4.79 Å². The maximum absolute atomic E-state index is 12.1. The molecule has 4 heteroatoms. The summed E-state index contributed by atoms with van der Waals surface area (Å²) in [7, 11) is 1.85. The van der Waals surface area contributed by atoms with E-state index < -0.39 is 0 Å². The minimum absolute atomic E-state index is 0.159. The lowest BCUT2D eigenvalue weighted by Crippen LogP contribution is -2.29. The molecule has 0 saturated heterocycles. The van der Waals surface area contributed by atoms with E-state index in [1.807, 2.05) is 43.4 Å². The molecular formula is C17H21N3O. The van der Waals surface area contributed by atoms with Crippen LogP contribution in [0.1, 0.15) is 17.5 Å². The van der Waals surface area contributed by atoms with Gasteiger partial charge >= 0.3 is 0 Å². The predicted octanol–water partition coefficient (Wildman–Crippen LogP) is 2.30. The number of nitrogens with zero attached hydrogens (tertiary/aromatic N) is 2. The van der Waals surface area contributed by atoms with Crippen LogP contribution >= 0.6 is 0 Å². The van der Waals surface area contributed by atoms with Crippen LogP contribution in [0.4, 0.5) is 5.69 Å². The maximum Gasteiger partial charge on any atom is 0.222 e. The summed E-state index contributed by atoms with van der Waals surface area (Å²) in [6.45, 7) is 0.722. The minimum Gasteiger partial charge on any atom is -0.399 e. The molecule has 2 aromatic rings. The fourth-order valence-corrected chi connectivity index (χ4v) is 2.16. The molecule has 0 aliphatic rings. The summed E-state index contributed by atoms with van der Waals surface area (Å²) in [5, 5.41) is 0. The zero-order valence-electron chi connectivity index (χ0n) is 12.3. The highest BCUT2D eigenvalue weighted by atomic mass is 16.2. The number of pyridine rings is 1. The molecule has 21 heavy (non-hydrogen) atoms. The van der Waals surface area contributed by atoms with Gasteiger partial charge in [0, 0.05) is 38.1 Å². The molecule has 0 radical (unpaired) electrons. The number of hydrogen-bond acceptors (Lipinski definition) is 3. The van der Waals surface area contributed by atoms with Crippen LogP contribution in [0.2, 0.25) is 0 Å². The maximum atomic E-state index is 12.1.